The highest BCUT2D eigenvalue weighted by Gasteiger charge is 2.35. The van der Waals surface area contributed by atoms with Crippen LogP contribution in [0.1, 0.15) is 22.3 Å². The number of rotatable bonds is 12. The maximum Gasteiger partial charge on any atom is 0.264 e. The number of ether oxygens (including phenoxy) is 1. The second-order valence-electron chi connectivity index (χ2n) is 10.6. The number of sulfonamides is 1. The van der Waals surface area contributed by atoms with Crippen molar-refractivity contribution in [2.24, 2.45) is 0 Å². The van der Waals surface area contributed by atoms with Crippen LogP contribution in [0.4, 0.5) is 5.69 Å². The lowest BCUT2D eigenvalue weighted by molar-refractivity contribution is -0.139. The van der Waals surface area contributed by atoms with Gasteiger partial charge >= 0.3 is 0 Å². The Bertz CT molecular complexity index is 1770. The number of nitrogens with zero attached hydrogens (tertiary/aromatic N) is 2. The Morgan fingerprint density at radius 3 is 2.18 bits per heavy atom. The Kier molecular flexibility index (Phi) is 11.1. The van der Waals surface area contributed by atoms with Crippen molar-refractivity contribution in [3.8, 4) is 5.75 Å². The molecule has 0 unspecified atom stereocenters. The first kappa shape index (κ1) is 33.8. The first-order valence-corrected chi connectivity index (χ1v) is 16.4. The monoisotopic (exact) mass is 667 g/mol. The fourth-order valence-corrected chi connectivity index (χ4v) is 6.78. The molecule has 1 atom stereocenters. The Morgan fingerprint density at radius 2 is 1.56 bits per heavy atom. The first-order valence-electron chi connectivity index (χ1n) is 14.2. The second-order valence-corrected chi connectivity index (χ2v) is 13.3. The molecule has 0 saturated heterocycles. The lowest BCUT2D eigenvalue weighted by Crippen LogP contribution is -2.53. The molecule has 0 saturated carbocycles. The number of anilines is 1. The summed E-state index contributed by atoms with van der Waals surface area (Å²) in [5.74, 6) is -0.772. The molecule has 11 heteroatoms. The molecule has 1 N–H and O–H groups in total. The topological polar surface area (TPSA) is 96.0 Å². The second kappa shape index (κ2) is 14.8. The van der Waals surface area contributed by atoms with Crippen molar-refractivity contribution in [3.05, 3.63) is 123 Å². The average molecular weight is 669 g/mol. The molecule has 236 valence electrons. The number of hydrogen-bond donors (Lipinski definition) is 1. The van der Waals surface area contributed by atoms with Gasteiger partial charge in [-0.1, -0.05) is 83.4 Å². The standard InChI is InChI=1S/C34H35Cl2N3O5S/c1-23-10-15-28(16-11-23)45(42,43)39(30-18-24(2)12-17-32(30)44-4)22-33(40)38(21-26-13-14-27(35)20-29(26)36)31(34(41)37-3)19-25-8-6-5-7-9-25/h5-18,20,31H,19,21-22H2,1-4H3,(H,37,41)/t31-/m0/s1. The van der Waals surface area contributed by atoms with Crippen LogP contribution in [0.25, 0.3) is 0 Å². The summed E-state index contributed by atoms with van der Waals surface area (Å²) in [6, 6.07) is 24.6. The zero-order valence-electron chi connectivity index (χ0n) is 25.5. The van der Waals surface area contributed by atoms with Crippen molar-refractivity contribution in [2.75, 3.05) is 25.0 Å². The summed E-state index contributed by atoms with van der Waals surface area (Å²) < 4.78 is 35.1. The van der Waals surface area contributed by atoms with Gasteiger partial charge in [0.2, 0.25) is 11.8 Å². The van der Waals surface area contributed by atoms with Crippen LogP contribution >= 0.6 is 23.2 Å². The van der Waals surface area contributed by atoms with E-state index in [2.05, 4.69) is 5.32 Å². The Hall–Kier alpha value is -4.05. The van der Waals surface area contributed by atoms with E-state index in [9.17, 15) is 18.0 Å². The maximum absolute atomic E-state index is 14.5. The van der Waals surface area contributed by atoms with Gasteiger partial charge in [-0.15, -0.1) is 0 Å². The van der Waals surface area contributed by atoms with Crippen LogP contribution in [0.5, 0.6) is 5.75 Å². The number of hydrogen-bond acceptors (Lipinski definition) is 5. The van der Waals surface area contributed by atoms with Crippen LogP contribution in [-0.4, -0.2) is 51.9 Å². The number of carbonyl (C=O) groups is 2. The molecule has 0 aliphatic rings. The van der Waals surface area contributed by atoms with Crippen LogP contribution in [0, 0.1) is 13.8 Å². The molecule has 4 aromatic carbocycles. The summed E-state index contributed by atoms with van der Waals surface area (Å²) in [6.45, 7) is 2.97. The Labute approximate surface area is 274 Å². The molecule has 0 bridgehead atoms. The largest absolute Gasteiger partial charge is 0.495 e. The molecule has 45 heavy (non-hydrogen) atoms. The molecule has 4 rings (SSSR count). The van der Waals surface area contributed by atoms with Crippen LogP contribution < -0.4 is 14.4 Å². The fourth-order valence-electron chi connectivity index (χ4n) is 4.90. The van der Waals surface area contributed by atoms with Crippen LogP contribution in [0.15, 0.2) is 95.9 Å². The molecule has 2 amide bonds. The molecular formula is C34H35Cl2N3O5S. The third-order valence-electron chi connectivity index (χ3n) is 7.36. The first-order chi connectivity index (χ1) is 21.4. The summed E-state index contributed by atoms with van der Waals surface area (Å²) in [7, 11) is -1.36. The van der Waals surface area contributed by atoms with Crippen LogP contribution in [0.2, 0.25) is 10.0 Å². The molecule has 4 aromatic rings. The Morgan fingerprint density at radius 1 is 0.889 bits per heavy atom. The van der Waals surface area contributed by atoms with Gasteiger partial charge in [-0.2, -0.15) is 0 Å². The van der Waals surface area contributed by atoms with Gasteiger partial charge in [-0.05, 0) is 66.9 Å². The predicted molar refractivity (Wildman–Crippen MR) is 178 cm³/mol. The SMILES string of the molecule is CNC(=O)[C@H](Cc1ccccc1)N(Cc1ccc(Cl)cc1Cl)C(=O)CN(c1cc(C)ccc1OC)S(=O)(=O)c1ccc(C)cc1. The van der Waals surface area contributed by atoms with Crippen LogP contribution in [-0.2, 0) is 32.6 Å². The van der Waals surface area contributed by atoms with Crippen molar-refractivity contribution in [2.45, 2.75) is 37.8 Å². The highest BCUT2D eigenvalue weighted by Crippen LogP contribution is 2.34. The third kappa shape index (κ3) is 8.16. The van der Waals surface area contributed by atoms with E-state index >= 15 is 0 Å². The van der Waals surface area contributed by atoms with E-state index in [4.69, 9.17) is 27.9 Å². The highest BCUT2D eigenvalue weighted by molar-refractivity contribution is 7.92. The molecule has 0 aliphatic heterocycles. The predicted octanol–water partition coefficient (Wildman–Crippen LogP) is 6.20. The maximum atomic E-state index is 14.5. The smallest absolute Gasteiger partial charge is 0.264 e. The number of halogens is 2. The number of nitrogens with one attached hydrogen (secondary N) is 1. The van der Waals surface area contributed by atoms with E-state index in [-0.39, 0.29) is 29.3 Å². The van der Waals surface area contributed by atoms with Crippen molar-refractivity contribution in [3.63, 3.8) is 0 Å². The zero-order valence-corrected chi connectivity index (χ0v) is 27.8. The minimum atomic E-state index is -4.28. The Balaban J connectivity index is 1.86. The van der Waals surface area contributed by atoms with E-state index in [1.54, 1.807) is 48.5 Å². The summed E-state index contributed by atoms with van der Waals surface area (Å²) in [4.78, 5) is 29.3. The lowest BCUT2D eigenvalue weighted by Gasteiger charge is -2.34. The molecule has 0 heterocycles. The van der Waals surface area contributed by atoms with Crippen LogP contribution in [0.3, 0.4) is 0 Å². The van der Waals surface area contributed by atoms with Gasteiger partial charge in [0.05, 0.1) is 17.7 Å². The molecule has 0 spiro atoms. The lowest BCUT2D eigenvalue weighted by atomic mass is 10.0. The number of methoxy groups -OCH3 is 1. The number of amides is 2. The van der Waals surface area contributed by atoms with Gasteiger partial charge in [-0.25, -0.2) is 8.42 Å². The van der Waals surface area contributed by atoms with Crippen molar-refractivity contribution in [1.29, 1.82) is 0 Å². The molecule has 0 aliphatic carbocycles. The van der Waals surface area contributed by atoms with Gasteiger partial charge in [0.1, 0.15) is 18.3 Å². The van der Waals surface area contributed by atoms with Gasteiger partial charge < -0.3 is 15.0 Å². The normalized spacial score (nSPS) is 11.9. The summed E-state index contributed by atoms with van der Waals surface area (Å²) >= 11 is 12.7. The van der Waals surface area contributed by atoms with E-state index < -0.39 is 34.4 Å². The van der Waals surface area contributed by atoms with E-state index in [0.29, 0.717) is 15.6 Å². The van der Waals surface area contributed by atoms with Crippen molar-refractivity contribution >= 4 is 50.7 Å². The van der Waals surface area contributed by atoms with Crippen molar-refractivity contribution in [1.82, 2.24) is 10.2 Å². The summed E-state index contributed by atoms with van der Waals surface area (Å²) in [5.41, 5.74) is 3.19. The minimum Gasteiger partial charge on any atom is -0.495 e. The quantitative estimate of drug-likeness (QED) is 0.194. The van der Waals surface area contributed by atoms with Gasteiger partial charge in [0.25, 0.3) is 10.0 Å². The minimum absolute atomic E-state index is 0.00360. The molecule has 8 nitrogen and oxygen atoms in total. The summed E-state index contributed by atoms with van der Waals surface area (Å²) in [6.07, 6.45) is 0.177. The highest BCUT2D eigenvalue weighted by atomic mass is 35.5. The molecule has 0 fully saturated rings. The third-order valence-corrected chi connectivity index (χ3v) is 9.73. The number of carbonyl (C=O) groups excluding carboxylic acids is 2. The average Bonchev–Trinajstić information content (AvgIpc) is 3.02. The van der Waals surface area contributed by atoms with E-state index in [1.165, 1.54) is 31.2 Å². The number of aryl methyl sites for hydroxylation is 2. The van der Waals surface area contributed by atoms with Crippen molar-refractivity contribution < 1.29 is 22.7 Å². The van der Waals surface area contributed by atoms with E-state index in [1.807, 2.05) is 44.2 Å². The molecule has 0 aromatic heterocycles. The zero-order chi connectivity index (χ0) is 32.7. The van der Waals surface area contributed by atoms with E-state index in [0.717, 1.165) is 21.0 Å². The number of likely N-dealkylation sites (N-methyl/N-ethyl adjacent to an activating group) is 1. The molecular weight excluding hydrogens is 633 g/mol. The van der Waals surface area contributed by atoms with Gasteiger partial charge in [0, 0.05) is 30.1 Å². The van der Waals surface area contributed by atoms with Gasteiger partial charge in [-0.3, -0.25) is 13.9 Å². The fraction of sp³-hybridized carbons (Fsp3) is 0.235. The summed E-state index contributed by atoms with van der Waals surface area (Å²) in [5, 5.41) is 3.38. The number of benzene rings is 4. The van der Waals surface area contributed by atoms with Gasteiger partial charge in [0.15, 0.2) is 0 Å². The molecule has 0 radical (unpaired) electrons.